The lowest BCUT2D eigenvalue weighted by molar-refractivity contribution is 0.819. The van der Waals surface area contributed by atoms with E-state index in [0.717, 1.165) is 5.56 Å². The van der Waals surface area contributed by atoms with Gasteiger partial charge in [-0.15, -0.1) is 0 Å². The molecule has 0 spiro atoms. The summed E-state index contributed by atoms with van der Waals surface area (Å²) in [7, 11) is 0. The Balaban J connectivity index is 3.28. The number of hydrogen-bond donors (Lipinski definition) is 1. The normalized spacial score (nSPS) is 13.1. The molecular weight excluding hydrogens is 216 g/mol. The Morgan fingerprint density at radius 2 is 1.58 bits per heavy atom. The van der Waals surface area contributed by atoms with Crippen molar-refractivity contribution in [2.75, 3.05) is 0 Å². The third-order valence-corrected chi connectivity index (χ3v) is 2.34. The molecule has 1 aromatic carbocycles. The summed E-state index contributed by atoms with van der Waals surface area (Å²) in [5.41, 5.74) is 6.39. The van der Waals surface area contributed by atoms with Crippen molar-refractivity contribution in [3.8, 4) is 0 Å². The van der Waals surface area contributed by atoms with E-state index in [0.29, 0.717) is 15.1 Å². The first-order valence-electron chi connectivity index (χ1n) is 3.42. The molecule has 1 unspecified atom stereocenters. The summed E-state index contributed by atoms with van der Waals surface area (Å²) in [6.07, 6.45) is 0. The fraction of sp³-hybridized carbons (Fsp3) is 0.250. The molecular formula is C8H8Cl3N. The maximum atomic E-state index is 5.88. The van der Waals surface area contributed by atoms with Gasteiger partial charge in [-0.3, -0.25) is 0 Å². The lowest BCUT2D eigenvalue weighted by atomic mass is 10.1. The highest BCUT2D eigenvalue weighted by Crippen LogP contribution is 2.32. The van der Waals surface area contributed by atoms with Crippen LogP contribution in [0.4, 0.5) is 0 Å². The molecule has 66 valence electrons. The van der Waals surface area contributed by atoms with Crippen LogP contribution in [0.3, 0.4) is 0 Å². The average Bonchev–Trinajstić information content (AvgIpc) is 1.82. The van der Waals surface area contributed by atoms with Crippen molar-refractivity contribution in [3.05, 3.63) is 32.8 Å². The number of halogens is 3. The minimum Gasteiger partial charge on any atom is -0.324 e. The van der Waals surface area contributed by atoms with Crippen molar-refractivity contribution in [1.29, 1.82) is 0 Å². The molecule has 4 heteroatoms. The van der Waals surface area contributed by atoms with Gasteiger partial charge in [0.15, 0.2) is 0 Å². The summed E-state index contributed by atoms with van der Waals surface area (Å²) < 4.78 is 0. The quantitative estimate of drug-likeness (QED) is 0.774. The second kappa shape index (κ2) is 3.84. The number of benzene rings is 1. The van der Waals surface area contributed by atoms with Crippen molar-refractivity contribution >= 4 is 34.8 Å². The maximum Gasteiger partial charge on any atom is 0.0483 e. The minimum atomic E-state index is -0.178. The van der Waals surface area contributed by atoms with E-state index in [2.05, 4.69) is 0 Å². The second-order valence-corrected chi connectivity index (χ2v) is 3.82. The summed E-state index contributed by atoms with van der Waals surface area (Å²) in [5, 5.41) is 1.56. The second-order valence-electron chi connectivity index (χ2n) is 2.57. The standard InChI is InChI=1S/C8H8Cl3N/c1-4(12)8-6(10)2-5(9)3-7(8)11/h2-4H,12H2,1H3. The van der Waals surface area contributed by atoms with Gasteiger partial charge in [0.25, 0.3) is 0 Å². The molecule has 0 aromatic heterocycles. The summed E-state index contributed by atoms with van der Waals surface area (Å²) in [6, 6.07) is 3.09. The highest BCUT2D eigenvalue weighted by molar-refractivity contribution is 6.39. The SMILES string of the molecule is CC(N)c1c(Cl)cc(Cl)cc1Cl. The van der Waals surface area contributed by atoms with Crippen LogP contribution in [-0.2, 0) is 0 Å². The molecule has 0 amide bonds. The van der Waals surface area contributed by atoms with Crippen LogP contribution in [-0.4, -0.2) is 0 Å². The Morgan fingerprint density at radius 3 is 1.92 bits per heavy atom. The third kappa shape index (κ3) is 2.05. The zero-order chi connectivity index (χ0) is 9.30. The van der Waals surface area contributed by atoms with E-state index >= 15 is 0 Å². The van der Waals surface area contributed by atoms with Crippen LogP contribution in [0.25, 0.3) is 0 Å². The topological polar surface area (TPSA) is 26.0 Å². The van der Waals surface area contributed by atoms with Gasteiger partial charge < -0.3 is 5.73 Å². The molecule has 0 aliphatic rings. The lowest BCUT2D eigenvalue weighted by Gasteiger charge is -2.10. The maximum absolute atomic E-state index is 5.88. The largest absolute Gasteiger partial charge is 0.324 e. The summed E-state index contributed by atoms with van der Waals surface area (Å²) in [6.45, 7) is 1.82. The van der Waals surface area contributed by atoms with Crippen molar-refractivity contribution in [2.24, 2.45) is 5.73 Å². The van der Waals surface area contributed by atoms with Gasteiger partial charge in [-0.25, -0.2) is 0 Å². The van der Waals surface area contributed by atoms with Crippen LogP contribution in [0.1, 0.15) is 18.5 Å². The number of rotatable bonds is 1. The van der Waals surface area contributed by atoms with E-state index in [1.54, 1.807) is 12.1 Å². The van der Waals surface area contributed by atoms with Gasteiger partial charge in [-0.2, -0.15) is 0 Å². The van der Waals surface area contributed by atoms with Gasteiger partial charge in [-0.1, -0.05) is 34.8 Å². The molecule has 0 heterocycles. The highest BCUT2D eigenvalue weighted by Gasteiger charge is 2.10. The van der Waals surface area contributed by atoms with Crippen LogP contribution in [0.15, 0.2) is 12.1 Å². The highest BCUT2D eigenvalue weighted by atomic mass is 35.5. The Kier molecular flexibility index (Phi) is 3.24. The zero-order valence-corrected chi connectivity index (χ0v) is 8.71. The zero-order valence-electron chi connectivity index (χ0n) is 6.44. The molecule has 0 bridgehead atoms. The van der Waals surface area contributed by atoms with Crippen LogP contribution in [0.2, 0.25) is 15.1 Å². The third-order valence-electron chi connectivity index (χ3n) is 1.50. The molecule has 0 radical (unpaired) electrons. The molecule has 2 N–H and O–H groups in total. The molecule has 1 rings (SSSR count). The fourth-order valence-electron chi connectivity index (χ4n) is 0.988. The number of nitrogens with two attached hydrogens (primary N) is 1. The van der Waals surface area contributed by atoms with Crippen LogP contribution in [0, 0.1) is 0 Å². The molecule has 0 saturated heterocycles. The van der Waals surface area contributed by atoms with E-state index in [1.807, 2.05) is 6.92 Å². The van der Waals surface area contributed by atoms with Crippen LogP contribution in [0.5, 0.6) is 0 Å². The molecule has 0 saturated carbocycles. The molecule has 0 fully saturated rings. The summed E-state index contributed by atoms with van der Waals surface area (Å²) >= 11 is 17.5. The first-order chi connectivity index (χ1) is 5.52. The Labute approximate surface area is 86.4 Å². The minimum absolute atomic E-state index is 0.178. The summed E-state index contributed by atoms with van der Waals surface area (Å²) in [4.78, 5) is 0. The first-order valence-corrected chi connectivity index (χ1v) is 4.55. The fourth-order valence-corrected chi connectivity index (χ4v) is 2.15. The smallest absolute Gasteiger partial charge is 0.0483 e. The Morgan fingerprint density at radius 1 is 1.17 bits per heavy atom. The lowest BCUT2D eigenvalue weighted by Crippen LogP contribution is -2.06. The van der Waals surface area contributed by atoms with Crippen LogP contribution < -0.4 is 5.73 Å². The Bertz CT molecular complexity index is 273. The average molecular weight is 225 g/mol. The molecule has 1 aromatic rings. The van der Waals surface area contributed by atoms with E-state index in [9.17, 15) is 0 Å². The molecule has 1 nitrogen and oxygen atoms in total. The predicted molar refractivity (Wildman–Crippen MR) is 54.1 cm³/mol. The van der Waals surface area contributed by atoms with Crippen molar-refractivity contribution in [2.45, 2.75) is 13.0 Å². The van der Waals surface area contributed by atoms with Gasteiger partial charge in [-0.05, 0) is 19.1 Å². The van der Waals surface area contributed by atoms with Crippen LogP contribution >= 0.6 is 34.8 Å². The van der Waals surface area contributed by atoms with E-state index < -0.39 is 0 Å². The molecule has 12 heavy (non-hydrogen) atoms. The Hall–Kier alpha value is 0.0500. The van der Waals surface area contributed by atoms with Crippen molar-refractivity contribution in [1.82, 2.24) is 0 Å². The predicted octanol–water partition coefficient (Wildman–Crippen LogP) is 3.67. The van der Waals surface area contributed by atoms with Gasteiger partial charge >= 0.3 is 0 Å². The van der Waals surface area contributed by atoms with Gasteiger partial charge in [0.2, 0.25) is 0 Å². The van der Waals surface area contributed by atoms with Gasteiger partial charge in [0.1, 0.15) is 0 Å². The molecule has 1 atom stereocenters. The van der Waals surface area contributed by atoms with E-state index in [4.69, 9.17) is 40.5 Å². The van der Waals surface area contributed by atoms with E-state index in [-0.39, 0.29) is 6.04 Å². The van der Waals surface area contributed by atoms with Crippen molar-refractivity contribution in [3.63, 3.8) is 0 Å². The molecule has 0 aliphatic carbocycles. The van der Waals surface area contributed by atoms with E-state index in [1.165, 1.54) is 0 Å². The van der Waals surface area contributed by atoms with Crippen molar-refractivity contribution < 1.29 is 0 Å². The number of hydrogen-bond acceptors (Lipinski definition) is 1. The monoisotopic (exact) mass is 223 g/mol. The molecule has 0 aliphatic heterocycles. The first kappa shape index (κ1) is 10.1. The van der Waals surface area contributed by atoms with Gasteiger partial charge in [0.05, 0.1) is 0 Å². The summed E-state index contributed by atoms with van der Waals surface area (Å²) in [5.74, 6) is 0. The van der Waals surface area contributed by atoms with Gasteiger partial charge in [0, 0.05) is 26.7 Å².